The van der Waals surface area contributed by atoms with Crippen molar-refractivity contribution in [2.75, 3.05) is 24.7 Å². The quantitative estimate of drug-likeness (QED) is 0.801. The van der Waals surface area contributed by atoms with Crippen molar-refractivity contribution in [2.24, 2.45) is 0 Å². The smallest absolute Gasteiger partial charge is 0.159 e. The van der Waals surface area contributed by atoms with Crippen LogP contribution in [0, 0.1) is 0 Å². The molecule has 0 saturated carbocycles. The Morgan fingerprint density at radius 1 is 1.07 bits per heavy atom. The first-order valence-corrected chi connectivity index (χ1v) is 11.4. The highest BCUT2D eigenvalue weighted by Crippen LogP contribution is 2.35. The summed E-state index contributed by atoms with van der Waals surface area (Å²) in [7, 11) is -3.00. The highest BCUT2D eigenvalue weighted by atomic mass is 32.2. The standard InChI is InChI=1S/C19H23N3O4S/c23-27(24)9-6-15(12-27)22-19(16-3-1-2-14-10-26-11-17(14)16)20-18(21-22)13-4-7-25-8-5-13/h1-3,13,15H,4-12H2. The number of rotatable bonds is 3. The van der Waals surface area contributed by atoms with E-state index in [0.29, 0.717) is 19.6 Å². The Morgan fingerprint density at radius 3 is 2.70 bits per heavy atom. The van der Waals surface area contributed by atoms with E-state index in [-0.39, 0.29) is 23.5 Å². The maximum atomic E-state index is 12.1. The van der Waals surface area contributed by atoms with Crippen LogP contribution in [0.5, 0.6) is 0 Å². The lowest BCUT2D eigenvalue weighted by atomic mass is 9.99. The molecule has 0 amide bonds. The molecule has 1 aromatic heterocycles. The molecular weight excluding hydrogens is 366 g/mol. The first kappa shape index (κ1) is 17.3. The first-order valence-electron chi connectivity index (χ1n) is 9.54. The van der Waals surface area contributed by atoms with Crippen LogP contribution in [0.25, 0.3) is 11.4 Å². The molecule has 2 aromatic rings. The number of ether oxygens (including phenoxy) is 2. The molecule has 0 radical (unpaired) electrons. The summed E-state index contributed by atoms with van der Waals surface area (Å²) in [5.41, 5.74) is 3.33. The molecule has 1 unspecified atom stereocenters. The van der Waals surface area contributed by atoms with Crippen molar-refractivity contribution in [2.45, 2.75) is 44.4 Å². The maximum absolute atomic E-state index is 12.1. The SMILES string of the molecule is O=S1(=O)CCC(n2nc(C3CCOCC3)nc2-c2cccc3c2COC3)C1. The Bertz CT molecular complexity index is 963. The fourth-order valence-corrected chi connectivity index (χ4v) is 5.98. The minimum atomic E-state index is -3.00. The van der Waals surface area contributed by atoms with Crippen molar-refractivity contribution in [3.63, 3.8) is 0 Å². The highest BCUT2D eigenvalue weighted by molar-refractivity contribution is 7.91. The molecule has 2 fully saturated rings. The summed E-state index contributed by atoms with van der Waals surface area (Å²) in [6.07, 6.45) is 2.41. The first-order chi connectivity index (χ1) is 13.1. The second-order valence-corrected chi connectivity index (χ2v) is 9.85. The van der Waals surface area contributed by atoms with Gasteiger partial charge in [0.2, 0.25) is 0 Å². The molecule has 4 heterocycles. The normalized spacial score (nSPS) is 25.0. The summed E-state index contributed by atoms with van der Waals surface area (Å²) in [6.45, 7) is 2.62. The Kier molecular flexibility index (Phi) is 4.29. The number of benzene rings is 1. The largest absolute Gasteiger partial charge is 0.381 e. The Labute approximate surface area is 158 Å². The average molecular weight is 389 g/mol. The van der Waals surface area contributed by atoms with Gasteiger partial charge in [-0.05, 0) is 30.4 Å². The van der Waals surface area contributed by atoms with Gasteiger partial charge in [0, 0.05) is 24.7 Å². The van der Waals surface area contributed by atoms with Gasteiger partial charge in [-0.3, -0.25) is 0 Å². The summed E-state index contributed by atoms with van der Waals surface area (Å²) >= 11 is 0. The number of sulfone groups is 1. The van der Waals surface area contributed by atoms with Crippen molar-refractivity contribution in [3.8, 4) is 11.4 Å². The molecule has 3 aliphatic rings. The molecule has 0 bridgehead atoms. The van der Waals surface area contributed by atoms with E-state index in [1.165, 1.54) is 5.56 Å². The molecule has 0 N–H and O–H groups in total. The van der Waals surface area contributed by atoms with E-state index >= 15 is 0 Å². The Hall–Kier alpha value is -1.77. The van der Waals surface area contributed by atoms with Gasteiger partial charge in [-0.25, -0.2) is 18.1 Å². The van der Waals surface area contributed by atoms with Crippen molar-refractivity contribution in [3.05, 3.63) is 35.2 Å². The third kappa shape index (κ3) is 3.19. The highest BCUT2D eigenvalue weighted by Gasteiger charge is 2.34. The van der Waals surface area contributed by atoms with Crippen molar-refractivity contribution in [1.29, 1.82) is 0 Å². The molecule has 2 saturated heterocycles. The molecule has 0 spiro atoms. The van der Waals surface area contributed by atoms with Gasteiger partial charge in [-0.1, -0.05) is 18.2 Å². The molecule has 27 heavy (non-hydrogen) atoms. The van der Waals surface area contributed by atoms with E-state index in [0.717, 1.165) is 48.8 Å². The van der Waals surface area contributed by atoms with Crippen LogP contribution in [0.3, 0.4) is 0 Å². The van der Waals surface area contributed by atoms with Gasteiger partial charge in [0.1, 0.15) is 0 Å². The number of nitrogens with zero attached hydrogens (tertiary/aromatic N) is 3. The predicted molar refractivity (Wildman–Crippen MR) is 99.1 cm³/mol. The van der Waals surface area contributed by atoms with Gasteiger partial charge in [0.25, 0.3) is 0 Å². The monoisotopic (exact) mass is 389 g/mol. The summed E-state index contributed by atoms with van der Waals surface area (Å²) in [4.78, 5) is 4.92. The number of hydrogen-bond acceptors (Lipinski definition) is 6. The van der Waals surface area contributed by atoms with Crippen molar-refractivity contribution >= 4 is 9.84 Å². The zero-order valence-electron chi connectivity index (χ0n) is 15.1. The van der Waals surface area contributed by atoms with Gasteiger partial charge in [0.05, 0.1) is 30.8 Å². The van der Waals surface area contributed by atoms with E-state index in [1.54, 1.807) is 0 Å². The zero-order valence-corrected chi connectivity index (χ0v) is 16.0. The summed E-state index contributed by atoms with van der Waals surface area (Å²) in [6, 6.07) is 5.99. The number of aromatic nitrogens is 3. The molecule has 1 aromatic carbocycles. The fraction of sp³-hybridized carbons (Fsp3) is 0.579. The maximum Gasteiger partial charge on any atom is 0.159 e. The fourth-order valence-electron chi connectivity index (χ4n) is 4.29. The molecule has 8 heteroatoms. The van der Waals surface area contributed by atoms with Crippen LogP contribution in [0.4, 0.5) is 0 Å². The third-order valence-electron chi connectivity index (χ3n) is 5.81. The van der Waals surface area contributed by atoms with Crippen LogP contribution >= 0.6 is 0 Å². The van der Waals surface area contributed by atoms with Gasteiger partial charge < -0.3 is 9.47 Å². The molecule has 7 nitrogen and oxygen atoms in total. The van der Waals surface area contributed by atoms with E-state index in [2.05, 4.69) is 6.07 Å². The van der Waals surface area contributed by atoms with Crippen LogP contribution < -0.4 is 0 Å². The second kappa shape index (κ2) is 6.68. The van der Waals surface area contributed by atoms with E-state index in [1.807, 2.05) is 16.8 Å². The second-order valence-electron chi connectivity index (χ2n) is 7.62. The molecule has 5 rings (SSSR count). The third-order valence-corrected chi connectivity index (χ3v) is 7.56. The van der Waals surface area contributed by atoms with E-state index in [9.17, 15) is 8.42 Å². The minimum Gasteiger partial charge on any atom is -0.381 e. The van der Waals surface area contributed by atoms with Crippen LogP contribution in [-0.2, 0) is 32.5 Å². The van der Waals surface area contributed by atoms with Gasteiger partial charge in [0.15, 0.2) is 21.5 Å². The lowest BCUT2D eigenvalue weighted by Gasteiger charge is -2.19. The van der Waals surface area contributed by atoms with Crippen LogP contribution in [0.1, 0.15) is 48.2 Å². The lowest BCUT2D eigenvalue weighted by Crippen LogP contribution is -2.17. The van der Waals surface area contributed by atoms with Gasteiger partial charge >= 0.3 is 0 Å². The zero-order chi connectivity index (χ0) is 18.4. The van der Waals surface area contributed by atoms with E-state index in [4.69, 9.17) is 19.6 Å². The van der Waals surface area contributed by atoms with Crippen LogP contribution in [-0.4, -0.2) is 47.9 Å². The summed E-state index contributed by atoms with van der Waals surface area (Å²) in [5.74, 6) is 2.22. The molecule has 3 aliphatic heterocycles. The minimum absolute atomic E-state index is 0.141. The summed E-state index contributed by atoms with van der Waals surface area (Å²) in [5, 5.41) is 4.83. The predicted octanol–water partition coefficient (Wildman–Crippen LogP) is 2.23. The van der Waals surface area contributed by atoms with Gasteiger partial charge in [-0.15, -0.1) is 0 Å². The lowest BCUT2D eigenvalue weighted by molar-refractivity contribution is 0.0835. The number of hydrogen-bond donors (Lipinski definition) is 0. The molecule has 0 aliphatic carbocycles. The Balaban J connectivity index is 1.60. The Morgan fingerprint density at radius 2 is 1.93 bits per heavy atom. The molecule has 1 atom stereocenters. The van der Waals surface area contributed by atoms with Gasteiger partial charge in [-0.2, -0.15) is 5.10 Å². The topological polar surface area (TPSA) is 83.3 Å². The number of fused-ring (bicyclic) bond motifs is 1. The van der Waals surface area contributed by atoms with Crippen LogP contribution in [0.15, 0.2) is 18.2 Å². The molecule has 144 valence electrons. The van der Waals surface area contributed by atoms with Crippen LogP contribution in [0.2, 0.25) is 0 Å². The van der Waals surface area contributed by atoms with Crippen molar-refractivity contribution < 1.29 is 17.9 Å². The summed E-state index contributed by atoms with van der Waals surface area (Å²) < 4.78 is 37.1. The van der Waals surface area contributed by atoms with Crippen molar-refractivity contribution in [1.82, 2.24) is 14.8 Å². The average Bonchev–Trinajstić information content (AvgIpc) is 3.39. The molecular formula is C19H23N3O4S. The van der Waals surface area contributed by atoms with E-state index < -0.39 is 9.84 Å².